The van der Waals surface area contributed by atoms with E-state index in [9.17, 15) is 0 Å². The van der Waals surface area contributed by atoms with Crippen molar-refractivity contribution in [2.45, 2.75) is 26.4 Å². The zero-order chi connectivity index (χ0) is 13.1. The van der Waals surface area contributed by atoms with Crippen LogP contribution in [0, 0.1) is 18.3 Å². The first kappa shape index (κ1) is 12.5. The lowest BCUT2D eigenvalue weighted by Crippen LogP contribution is -2.17. The van der Waals surface area contributed by atoms with Crippen LogP contribution in [-0.2, 0) is 13.6 Å². The molecule has 0 aliphatic carbocycles. The van der Waals surface area contributed by atoms with Gasteiger partial charge in [-0.15, -0.1) is 0 Å². The highest BCUT2D eigenvalue weighted by atomic mass is 16.3. The van der Waals surface area contributed by atoms with E-state index in [-0.39, 0.29) is 6.04 Å². The maximum Gasteiger partial charge on any atom is 0.120 e. The van der Waals surface area contributed by atoms with Crippen molar-refractivity contribution < 1.29 is 4.42 Å². The monoisotopic (exact) mass is 243 g/mol. The summed E-state index contributed by atoms with van der Waals surface area (Å²) in [6.07, 6.45) is 1.68. The highest BCUT2D eigenvalue weighted by Crippen LogP contribution is 2.16. The van der Waals surface area contributed by atoms with Gasteiger partial charge in [0.25, 0.3) is 0 Å². The van der Waals surface area contributed by atoms with Crippen LogP contribution < -0.4 is 5.32 Å². The molecule has 0 unspecified atom stereocenters. The first-order valence-electron chi connectivity index (χ1n) is 5.95. The summed E-state index contributed by atoms with van der Waals surface area (Å²) in [6, 6.07) is 8.11. The molecule has 1 atom stereocenters. The van der Waals surface area contributed by atoms with Crippen LogP contribution in [0.4, 0.5) is 0 Å². The van der Waals surface area contributed by atoms with E-state index in [0.29, 0.717) is 5.69 Å². The van der Waals surface area contributed by atoms with Gasteiger partial charge in [-0.1, -0.05) is 0 Å². The van der Waals surface area contributed by atoms with Crippen molar-refractivity contribution in [3.8, 4) is 6.07 Å². The smallest absolute Gasteiger partial charge is 0.120 e. The fourth-order valence-corrected chi connectivity index (χ4v) is 1.95. The summed E-state index contributed by atoms with van der Waals surface area (Å²) >= 11 is 0. The Morgan fingerprint density at radius 1 is 1.56 bits per heavy atom. The van der Waals surface area contributed by atoms with Gasteiger partial charge in [0.2, 0.25) is 0 Å². The Morgan fingerprint density at radius 2 is 2.33 bits per heavy atom. The van der Waals surface area contributed by atoms with Gasteiger partial charge in [0.1, 0.15) is 17.5 Å². The van der Waals surface area contributed by atoms with Gasteiger partial charge in [-0.05, 0) is 37.6 Å². The SMILES string of the molecule is Cc1c(CN[C@H](C)c2ccco2)cc(C#N)n1C. The Morgan fingerprint density at radius 3 is 2.89 bits per heavy atom. The molecule has 2 heterocycles. The van der Waals surface area contributed by atoms with Crippen molar-refractivity contribution in [1.29, 1.82) is 5.26 Å². The normalized spacial score (nSPS) is 12.3. The van der Waals surface area contributed by atoms with Gasteiger partial charge in [0.05, 0.1) is 12.3 Å². The Kier molecular flexibility index (Phi) is 3.54. The Labute approximate surface area is 107 Å². The van der Waals surface area contributed by atoms with Crippen LogP contribution in [0.1, 0.15) is 35.7 Å². The molecule has 2 rings (SSSR count). The largest absolute Gasteiger partial charge is 0.468 e. The van der Waals surface area contributed by atoms with Gasteiger partial charge < -0.3 is 14.3 Å². The van der Waals surface area contributed by atoms with E-state index in [2.05, 4.69) is 18.3 Å². The van der Waals surface area contributed by atoms with E-state index in [0.717, 1.165) is 23.6 Å². The minimum Gasteiger partial charge on any atom is -0.468 e. The predicted molar refractivity (Wildman–Crippen MR) is 68.8 cm³/mol. The Bertz CT molecular complexity index is 561. The molecule has 0 spiro atoms. The van der Waals surface area contributed by atoms with Gasteiger partial charge in [0.15, 0.2) is 0 Å². The van der Waals surface area contributed by atoms with E-state index >= 15 is 0 Å². The molecule has 0 aliphatic heterocycles. The fraction of sp³-hybridized carbons (Fsp3) is 0.357. The average Bonchev–Trinajstić information content (AvgIpc) is 2.98. The molecule has 0 amide bonds. The molecule has 1 N–H and O–H groups in total. The number of hydrogen-bond acceptors (Lipinski definition) is 3. The third-order valence-electron chi connectivity index (χ3n) is 3.32. The van der Waals surface area contributed by atoms with E-state index in [1.165, 1.54) is 0 Å². The van der Waals surface area contributed by atoms with Gasteiger partial charge in [0, 0.05) is 19.3 Å². The molecule has 18 heavy (non-hydrogen) atoms. The third-order valence-corrected chi connectivity index (χ3v) is 3.32. The summed E-state index contributed by atoms with van der Waals surface area (Å²) < 4.78 is 7.26. The molecular weight excluding hydrogens is 226 g/mol. The lowest BCUT2D eigenvalue weighted by Gasteiger charge is -2.11. The van der Waals surface area contributed by atoms with Gasteiger partial charge in [-0.25, -0.2) is 0 Å². The van der Waals surface area contributed by atoms with Crippen LogP contribution in [0.15, 0.2) is 28.9 Å². The molecule has 0 saturated heterocycles. The highest BCUT2D eigenvalue weighted by Gasteiger charge is 2.11. The number of nitrogens with zero attached hydrogens (tertiary/aromatic N) is 2. The number of aromatic nitrogens is 1. The molecule has 0 aromatic carbocycles. The lowest BCUT2D eigenvalue weighted by atomic mass is 10.2. The first-order chi connectivity index (χ1) is 8.63. The predicted octanol–water partition coefficient (Wildman–Crippen LogP) is 2.65. The summed E-state index contributed by atoms with van der Waals surface area (Å²) in [5, 5.41) is 12.4. The first-order valence-corrected chi connectivity index (χ1v) is 5.95. The topological polar surface area (TPSA) is 53.9 Å². The van der Waals surface area contributed by atoms with Crippen molar-refractivity contribution in [3.05, 3.63) is 47.2 Å². The van der Waals surface area contributed by atoms with Crippen molar-refractivity contribution >= 4 is 0 Å². The minimum atomic E-state index is 0.158. The fourth-order valence-electron chi connectivity index (χ4n) is 1.95. The van der Waals surface area contributed by atoms with Crippen LogP contribution in [-0.4, -0.2) is 4.57 Å². The molecule has 4 nitrogen and oxygen atoms in total. The quantitative estimate of drug-likeness (QED) is 0.898. The standard InChI is InChI=1S/C14H17N3O/c1-10(14-5-4-6-18-14)16-9-12-7-13(8-15)17(3)11(12)2/h4-7,10,16H,9H2,1-3H3/t10-/m1/s1. The second-order valence-electron chi connectivity index (χ2n) is 4.43. The number of nitriles is 1. The second-order valence-corrected chi connectivity index (χ2v) is 4.43. The van der Waals surface area contributed by atoms with Crippen LogP contribution in [0.2, 0.25) is 0 Å². The summed E-state index contributed by atoms with van der Waals surface area (Å²) in [5.41, 5.74) is 2.95. The summed E-state index contributed by atoms with van der Waals surface area (Å²) in [4.78, 5) is 0. The highest BCUT2D eigenvalue weighted by molar-refractivity contribution is 5.34. The zero-order valence-corrected chi connectivity index (χ0v) is 10.9. The average molecular weight is 243 g/mol. The van der Waals surface area contributed by atoms with Crippen LogP contribution in [0.5, 0.6) is 0 Å². The number of furan rings is 1. The van der Waals surface area contributed by atoms with Crippen LogP contribution in [0.3, 0.4) is 0 Å². The Balaban J connectivity index is 2.05. The van der Waals surface area contributed by atoms with E-state index in [1.807, 2.05) is 36.7 Å². The number of hydrogen-bond donors (Lipinski definition) is 1. The number of nitrogens with one attached hydrogen (secondary N) is 1. The Hall–Kier alpha value is -1.99. The summed E-state index contributed by atoms with van der Waals surface area (Å²) in [7, 11) is 1.91. The third kappa shape index (κ3) is 2.31. The summed E-state index contributed by atoms with van der Waals surface area (Å²) in [5.74, 6) is 0.920. The van der Waals surface area contributed by atoms with Crippen molar-refractivity contribution in [2.24, 2.45) is 7.05 Å². The van der Waals surface area contributed by atoms with Crippen LogP contribution in [0.25, 0.3) is 0 Å². The lowest BCUT2D eigenvalue weighted by molar-refractivity contribution is 0.430. The number of rotatable bonds is 4. The van der Waals surface area contributed by atoms with Gasteiger partial charge >= 0.3 is 0 Å². The molecular formula is C14H17N3O. The van der Waals surface area contributed by atoms with Crippen molar-refractivity contribution in [3.63, 3.8) is 0 Å². The van der Waals surface area contributed by atoms with Gasteiger partial charge in [-0.3, -0.25) is 0 Å². The maximum absolute atomic E-state index is 8.98. The summed E-state index contributed by atoms with van der Waals surface area (Å²) in [6.45, 7) is 4.81. The molecule has 0 bridgehead atoms. The molecule has 0 fully saturated rings. The molecule has 4 heteroatoms. The molecule has 0 radical (unpaired) electrons. The maximum atomic E-state index is 8.98. The molecule has 0 aliphatic rings. The van der Waals surface area contributed by atoms with Crippen molar-refractivity contribution in [2.75, 3.05) is 0 Å². The molecule has 2 aromatic rings. The zero-order valence-electron chi connectivity index (χ0n) is 10.9. The van der Waals surface area contributed by atoms with Crippen LogP contribution >= 0.6 is 0 Å². The van der Waals surface area contributed by atoms with E-state index < -0.39 is 0 Å². The van der Waals surface area contributed by atoms with Crippen molar-refractivity contribution in [1.82, 2.24) is 9.88 Å². The minimum absolute atomic E-state index is 0.158. The van der Waals surface area contributed by atoms with Gasteiger partial charge in [-0.2, -0.15) is 5.26 Å². The second kappa shape index (κ2) is 5.11. The van der Waals surface area contributed by atoms with E-state index in [1.54, 1.807) is 6.26 Å². The molecule has 2 aromatic heterocycles. The molecule has 0 saturated carbocycles. The van der Waals surface area contributed by atoms with E-state index in [4.69, 9.17) is 9.68 Å². The molecule has 94 valence electrons.